The van der Waals surface area contributed by atoms with Crippen molar-refractivity contribution in [2.45, 2.75) is 32.3 Å². The largest absolute Gasteiger partial charge is 0.484 e. The van der Waals surface area contributed by atoms with E-state index in [0.717, 1.165) is 12.0 Å². The fraction of sp³-hybridized carbons (Fsp3) is 0.500. The monoisotopic (exact) mass is 254 g/mol. The molecule has 0 bridgehead atoms. The summed E-state index contributed by atoms with van der Waals surface area (Å²) in [6, 6.07) is 0. The minimum Gasteiger partial charge on any atom is -0.484 e. The van der Waals surface area contributed by atoms with Crippen LogP contribution in [0.5, 0.6) is 0 Å². The molecule has 0 aliphatic heterocycles. The van der Waals surface area contributed by atoms with Crippen LogP contribution in [0, 0.1) is 0 Å². The predicted molar refractivity (Wildman–Crippen MR) is 70.9 cm³/mol. The lowest BCUT2D eigenvalue weighted by molar-refractivity contribution is -0.159. The lowest BCUT2D eigenvalue weighted by atomic mass is 10.1. The van der Waals surface area contributed by atoms with E-state index in [4.69, 9.17) is 9.84 Å². The third-order valence-corrected chi connectivity index (χ3v) is 2.31. The number of hydrogen-bond acceptors (Lipinski definition) is 4. The molecular weight excluding hydrogens is 232 g/mol. The summed E-state index contributed by atoms with van der Waals surface area (Å²) in [6.45, 7) is 7.10. The zero-order chi connectivity index (χ0) is 14.0. The molecule has 1 N–H and O–H groups in total. The molecule has 4 heteroatoms. The van der Waals surface area contributed by atoms with Crippen molar-refractivity contribution in [1.29, 1.82) is 0 Å². The number of methoxy groups -OCH3 is 1. The Morgan fingerprint density at radius 2 is 2.11 bits per heavy atom. The van der Waals surface area contributed by atoms with Gasteiger partial charge in [0.05, 0.1) is 13.4 Å². The molecule has 0 saturated carbocycles. The minimum absolute atomic E-state index is 0.154. The molecule has 0 aromatic rings. The maximum atomic E-state index is 11.3. The van der Waals surface area contributed by atoms with Crippen molar-refractivity contribution in [2.24, 2.45) is 0 Å². The number of aliphatic hydroxyl groups excluding tert-OH is 1. The summed E-state index contributed by atoms with van der Waals surface area (Å²) in [5, 5.41) is 8.72. The number of esters is 1. The molecule has 0 aliphatic rings. The molecule has 4 nitrogen and oxygen atoms in total. The number of allylic oxidation sites excluding steroid dienone is 4. The van der Waals surface area contributed by atoms with Gasteiger partial charge in [0.2, 0.25) is 0 Å². The van der Waals surface area contributed by atoms with Gasteiger partial charge in [0, 0.05) is 6.61 Å². The van der Waals surface area contributed by atoms with E-state index in [0.29, 0.717) is 6.42 Å². The number of carbonyl (C=O) groups excluding carboxylic acids is 1. The number of aliphatic hydroxyl groups is 1. The summed E-state index contributed by atoms with van der Waals surface area (Å²) < 4.78 is 9.91. The van der Waals surface area contributed by atoms with Gasteiger partial charge in [0.1, 0.15) is 0 Å². The van der Waals surface area contributed by atoms with Gasteiger partial charge in [-0.2, -0.15) is 0 Å². The molecule has 0 unspecified atom stereocenters. The van der Waals surface area contributed by atoms with E-state index in [9.17, 15) is 4.79 Å². The Labute approximate surface area is 109 Å². The van der Waals surface area contributed by atoms with Gasteiger partial charge in [-0.3, -0.25) is 0 Å². The van der Waals surface area contributed by atoms with Crippen LogP contribution in [0.25, 0.3) is 0 Å². The highest BCUT2D eigenvalue weighted by Gasteiger charge is 2.29. The van der Waals surface area contributed by atoms with Crippen LogP contribution in [0.15, 0.2) is 36.6 Å². The lowest BCUT2D eigenvalue weighted by Gasteiger charge is -2.20. The van der Waals surface area contributed by atoms with Crippen LogP contribution in [0.4, 0.5) is 0 Å². The SMILES string of the molecule is C=C/C(=C\C=C\OC(C)(C)C(=O)OC)CCCO. The van der Waals surface area contributed by atoms with Crippen molar-refractivity contribution in [1.82, 2.24) is 0 Å². The van der Waals surface area contributed by atoms with Gasteiger partial charge in [0.25, 0.3) is 0 Å². The topological polar surface area (TPSA) is 55.8 Å². The smallest absolute Gasteiger partial charge is 0.349 e. The molecule has 0 aromatic heterocycles. The molecule has 0 aromatic carbocycles. The maximum absolute atomic E-state index is 11.3. The van der Waals surface area contributed by atoms with E-state index >= 15 is 0 Å². The van der Waals surface area contributed by atoms with Gasteiger partial charge in [0.15, 0.2) is 5.60 Å². The first-order valence-corrected chi connectivity index (χ1v) is 5.83. The highest BCUT2D eigenvalue weighted by atomic mass is 16.6. The van der Waals surface area contributed by atoms with Crippen LogP contribution >= 0.6 is 0 Å². The Kier molecular flexibility index (Phi) is 7.79. The van der Waals surface area contributed by atoms with Gasteiger partial charge in [-0.05, 0) is 38.3 Å². The fourth-order valence-electron chi connectivity index (χ4n) is 1.20. The van der Waals surface area contributed by atoms with Crippen LogP contribution in [-0.2, 0) is 14.3 Å². The third-order valence-electron chi connectivity index (χ3n) is 2.31. The van der Waals surface area contributed by atoms with E-state index in [1.807, 2.05) is 6.08 Å². The maximum Gasteiger partial charge on any atom is 0.349 e. The Balaban J connectivity index is 4.35. The average molecular weight is 254 g/mol. The molecule has 0 atom stereocenters. The first-order valence-electron chi connectivity index (χ1n) is 5.83. The standard InChI is InChI=1S/C14H22O4/c1-5-12(8-6-10-15)9-7-11-18-14(2,3)13(16)17-4/h5,7,9,11,15H,1,6,8,10H2,2-4H3/b11-7+,12-9+. The molecular formula is C14H22O4. The molecule has 0 radical (unpaired) electrons. The molecule has 0 spiro atoms. The Morgan fingerprint density at radius 1 is 1.44 bits per heavy atom. The summed E-state index contributed by atoms with van der Waals surface area (Å²) in [4.78, 5) is 11.3. The van der Waals surface area contributed by atoms with Crippen molar-refractivity contribution in [2.75, 3.05) is 13.7 Å². The quantitative estimate of drug-likeness (QED) is 0.410. The molecule has 0 amide bonds. The lowest BCUT2D eigenvalue weighted by Crippen LogP contribution is -2.34. The van der Waals surface area contributed by atoms with Crippen LogP contribution in [0.3, 0.4) is 0 Å². The number of ether oxygens (including phenoxy) is 2. The van der Waals surface area contributed by atoms with Crippen molar-refractivity contribution in [3.63, 3.8) is 0 Å². The number of rotatable bonds is 8. The highest BCUT2D eigenvalue weighted by molar-refractivity contribution is 5.78. The Bertz CT molecular complexity index is 327. The van der Waals surface area contributed by atoms with E-state index in [2.05, 4.69) is 11.3 Å². The van der Waals surface area contributed by atoms with Gasteiger partial charge in [-0.1, -0.05) is 18.7 Å². The van der Waals surface area contributed by atoms with E-state index in [1.54, 1.807) is 26.0 Å². The Hall–Kier alpha value is -1.55. The molecule has 0 fully saturated rings. The van der Waals surface area contributed by atoms with Crippen molar-refractivity contribution in [3.8, 4) is 0 Å². The van der Waals surface area contributed by atoms with Crippen LogP contribution in [0.2, 0.25) is 0 Å². The second-order valence-electron chi connectivity index (χ2n) is 4.22. The molecule has 0 rings (SSSR count). The minimum atomic E-state index is -1.00. The van der Waals surface area contributed by atoms with Crippen molar-refractivity contribution >= 4 is 5.97 Å². The molecule has 18 heavy (non-hydrogen) atoms. The zero-order valence-electron chi connectivity index (χ0n) is 11.3. The third kappa shape index (κ3) is 6.25. The van der Waals surface area contributed by atoms with E-state index < -0.39 is 11.6 Å². The summed E-state index contributed by atoms with van der Waals surface area (Å²) in [7, 11) is 1.32. The normalized spacial score (nSPS) is 12.6. The number of carbonyl (C=O) groups is 1. The summed E-state index contributed by atoms with van der Waals surface area (Å²) in [6.07, 6.45) is 8.14. The summed E-state index contributed by atoms with van der Waals surface area (Å²) >= 11 is 0. The fourth-order valence-corrected chi connectivity index (χ4v) is 1.20. The van der Waals surface area contributed by atoms with Crippen LogP contribution in [-0.4, -0.2) is 30.4 Å². The first-order chi connectivity index (χ1) is 8.47. The molecule has 0 heterocycles. The van der Waals surface area contributed by atoms with Gasteiger partial charge in [-0.15, -0.1) is 0 Å². The van der Waals surface area contributed by atoms with E-state index in [-0.39, 0.29) is 6.61 Å². The Morgan fingerprint density at radius 3 is 2.61 bits per heavy atom. The first kappa shape index (κ1) is 16.4. The zero-order valence-corrected chi connectivity index (χ0v) is 11.3. The van der Waals surface area contributed by atoms with Gasteiger partial charge < -0.3 is 14.6 Å². The molecule has 0 saturated heterocycles. The second-order valence-corrected chi connectivity index (χ2v) is 4.22. The van der Waals surface area contributed by atoms with Crippen LogP contribution < -0.4 is 0 Å². The molecule has 102 valence electrons. The average Bonchev–Trinajstić information content (AvgIpc) is 2.36. The van der Waals surface area contributed by atoms with Gasteiger partial charge in [-0.25, -0.2) is 4.79 Å². The van der Waals surface area contributed by atoms with Gasteiger partial charge >= 0.3 is 5.97 Å². The second kappa shape index (κ2) is 8.53. The predicted octanol–water partition coefficient (Wildman–Crippen LogP) is 2.35. The van der Waals surface area contributed by atoms with Crippen molar-refractivity contribution < 1.29 is 19.4 Å². The van der Waals surface area contributed by atoms with E-state index in [1.165, 1.54) is 13.4 Å². The highest BCUT2D eigenvalue weighted by Crippen LogP contribution is 2.12. The van der Waals surface area contributed by atoms with Crippen molar-refractivity contribution in [3.05, 3.63) is 36.6 Å². The molecule has 0 aliphatic carbocycles. The van der Waals surface area contributed by atoms with Crippen LogP contribution in [0.1, 0.15) is 26.7 Å². The summed E-state index contributed by atoms with van der Waals surface area (Å²) in [5.41, 5.74) is -0.00167. The number of hydrogen-bond donors (Lipinski definition) is 1. The summed E-state index contributed by atoms with van der Waals surface area (Å²) in [5.74, 6) is -0.430.